The number of nitrogens with one attached hydrogen (secondary N) is 1. The predicted molar refractivity (Wildman–Crippen MR) is 92.7 cm³/mol. The molecule has 0 aliphatic heterocycles. The maximum absolute atomic E-state index is 12.4. The molecule has 3 aromatic rings. The Hall–Kier alpha value is -3.03. The molecule has 1 amide bonds. The number of nitrogens with zero attached hydrogens (tertiary/aromatic N) is 5. The zero-order valence-corrected chi connectivity index (χ0v) is 14.3. The van der Waals surface area contributed by atoms with Crippen LogP contribution in [0.2, 0.25) is 0 Å². The van der Waals surface area contributed by atoms with Gasteiger partial charge >= 0.3 is 0 Å². The fourth-order valence-corrected chi connectivity index (χ4v) is 3.27. The van der Waals surface area contributed by atoms with Crippen LogP contribution in [-0.2, 0) is 6.54 Å². The van der Waals surface area contributed by atoms with Crippen molar-refractivity contribution in [3.05, 3.63) is 54.2 Å². The van der Waals surface area contributed by atoms with Gasteiger partial charge in [-0.3, -0.25) is 9.36 Å². The average Bonchev–Trinajstić information content (AvgIpc) is 3.39. The molecule has 8 nitrogen and oxygen atoms in total. The van der Waals surface area contributed by atoms with Gasteiger partial charge in [-0.05, 0) is 31.0 Å². The lowest BCUT2D eigenvalue weighted by molar-refractivity contribution is 0.0946. The van der Waals surface area contributed by atoms with Crippen LogP contribution in [0, 0.1) is 0 Å². The van der Waals surface area contributed by atoms with Crippen molar-refractivity contribution in [1.29, 1.82) is 0 Å². The van der Waals surface area contributed by atoms with E-state index in [2.05, 4.69) is 25.7 Å². The lowest BCUT2D eigenvalue weighted by Crippen LogP contribution is -2.23. The zero-order valence-electron chi connectivity index (χ0n) is 14.3. The molecule has 0 radical (unpaired) electrons. The molecule has 4 rings (SSSR count). The first-order valence-corrected chi connectivity index (χ1v) is 8.85. The lowest BCUT2D eigenvalue weighted by Gasteiger charge is -2.17. The van der Waals surface area contributed by atoms with Crippen LogP contribution in [0.3, 0.4) is 0 Å². The van der Waals surface area contributed by atoms with Crippen molar-refractivity contribution in [2.24, 2.45) is 0 Å². The Bertz CT molecular complexity index is 867. The maximum atomic E-state index is 12.4. The summed E-state index contributed by atoms with van der Waals surface area (Å²) in [6.45, 7) is 0.218. The van der Waals surface area contributed by atoms with Gasteiger partial charge in [-0.25, -0.2) is 0 Å². The van der Waals surface area contributed by atoms with Crippen molar-refractivity contribution in [3.8, 4) is 5.69 Å². The van der Waals surface area contributed by atoms with Gasteiger partial charge in [-0.1, -0.05) is 30.5 Å². The van der Waals surface area contributed by atoms with E-state index in [9.17, 15) is 4.79 Å². The van der Waals surface area contributed by atoms with Gasteiger partial charge in [0.05, 0.1) is 6.54 Å². The van der Waals surface area contributed by atoms with Crippen molar-refractivity contribution < 1.29 is 9.32 Å². The highest BCUT2D eigenvalue weighted by atomic mass is 16.5. The molecule has 0 bridgehead atoms. The second-order valence-electron chi connectivity index (χ2n) is 6.48. The van der Waals surface area contributed by atoms with Crippen molar-refractivity contribution in [2.75, 3.05) is 0 Å². The summed E-state index contributed by atoms with van der Waals surface area (Å²) >= 11 is 0. The minimum absolute atomic E-state index is 0.197. The van der Waals surface area contributed by atoms with Gasteiger partial charge < -0.3 is 9.84 Å². The summed E-state index contributed by atoms with van der Waals surface area (Å²) < 4.78 is 7.03. The first kappa shape index (κ1) is 16.4. The average molecular weight is 352 g/mol. The van der Waals surface area contributed by atoms with Crippen LogP contribution >= 0.6 is 0 Å². The van der Waals surface area contributed by atoms with Gasteiger partial charge in [0.15, 0.2) is 5.82 Å². The van der Waals surface area contributed by atoms with E-state index in [0.717, 1.165) is 24.4 Å². The Morgan fingerprint density at radius 1 is 1.19 bits per heavy atom. The molecular formula is C18H20N6O2. The molecule has 134 valence electrons. The Kier molecular flexibility index (Phi) is 4.72. The predicted octanol–water partition coefficient (Wildman–Crippen LogP) is 2.63. The van der Waals surface area contributed by atoms with Gasteiger partial charge in [-0.15, -0.1) is 10.2 Å². The first-order chi connectivity index (χ1) is 12.8. The van der Waals surface area contributed by atoms with Crippen LogP contribution in [0.5, 0.6) is 0 Å². The molecule has 2 heterocycles. The van der Waals surface area contributed by atoms with Gasteiger partial charge in [0.1, 0.15) is 12.7 Å². The summed E-state index contributed by atoms with van der Waals surface area (Å²) in [5.41, 5.74) is 1.36. The van der Waals surface area contributed by atoms with E-state index in [1.807, 2.05) is 12.1 Å². The largest absolute Gasteiger partial charge is 0.343 e. The molecular weight excluding hydrogens is 332 g/mol. The van der Waals surface area contributed by atoms with Crippen LogP contribution < -0.4 is 5.32 Å². The van der Waals surface area contributed by atoms with Gasteiger partial charge in [0.25, 0.3) is 5.91 Å². The third-order valence-corrected chi connectivity index (χ3v) is 4.68. The summed E-state index contributed by atoms with van der Waals surface area (Å²) in [5, 5.41) is 14.5. The fourth-order valence-electron chi connectivity index (χ4n) is 3.27. The van der Waals surface area contributed by atoms with Crippen molar-refractivity contribution in [3.63, 3.8) is 0 Å². The number of carbonyl (C=O) groups excluding carboxylic acids is 1. The monoisotopic (exact) mass is 352 g/mol. The topological polar surface area (TPSA) is 98.7 Å². The van der Waals surface area contributed by atoms with E-state index < -0.39 is 0 Å². The third-order valence-electron chi connectivity index (χ3n) is 4.68. The zero-order chi connectivity index (χ0) is 17.8. The van der Waals surface area contributed by atoms with E-state index >= 15 is 0 Å². The van der Waals surface area contributed by atoms with Crippen LogP contribution in [0.15, 0.2) is 41.4 Å². The number of carbonyl (C=O) groups is 1. The van der Waals surface area contributed by atoms with E-state index in [1.165, 1.54) is 19.3 Å². The highest BCUT2D eigenvalue weighted by Crippen LogP contribution is 2.30. The second kappa shape index (κ2) is 7.47. The summed E-state index contributed by atoms with van der Waals surface area (Å²) in [6.07, 6.45) is 9.11. The number of rotatable bonds is 5. The van der Waals surface area contributed by atoms with E-state index in [4.69, 9.17) is 4.52 Å². The van der Waals surface area contributed by atoms with Crippen molar-refractivity contribution in [1.82, 2.24) is 30.2 Å². The molecule has 1 aliphatic carbocycles. The number of hydrogen-bond donors (Lipinski definition) is 1. The molecule has 1 saturated carbocycles. The van der Waals surface area contributed by atoms with E-state index in [-0.39, 0.29) is 12.5 Å². The number of hydrogen-bond acceptors (Lipinski definition) is 6. The first-order valence-electron chi connectivity index (χ1n) is 8.85. The fraction of sp³-hybridized carbons (Fsp3) is 0.389. The molecule has 0 saturated heterocycles. The molecule has 26 heavy (non-hydrogen) atoms. The number of aromatic nitrogens is 5. The molecule has 0 unspecified atom stereocenters. The molecule has 1 fully saturated rings. The lowest BCUT2D eigenvalue weighted by atomic mass is 9.89. The van der Waals surface area contributed by atoms with Crippen LogP contribution in [0.25, 0.3) is 5.69 Å². The summed E-state index contributed by atoms with van der Waals surface area (Å²) in [4.78, 5) is 16.9. The third kappa shape index (κ3) is 3.63. The molecule has 0 spiro atoms. The molecule has 1 aliphatic rings. The molecule has 1 N–H and O–H groups in total. The minimum Gasteiger partial charge on any atom is -0.343 e. The van der Waals surface area contributed by atoms with Crippen molar-refractivity contribution in [2.45, 2.75) is 44.6 Å². The number of amides is 1. The molecule has 0 atom stereocenters. The van der Waals surface area contributed by atoms with Gasteiger partial charge in [0, 0.05) is 17.2 Å². The van der Waals surface area contributed by atoms with Gasteiger partial charge in [0.2, 0.25) is 5.89 Å². The standard InChI is InChI=1S/C18H20N6O2/c25-18(14-7-4-8-15(9-14)24-11-20-21-12-24)19-10-16-22-17(23-26-16)13-5-2-1-3-6-13/h4,7-9,11-13H,1-3,5-6,10H2,(H,19,25). The summed E-state index contributed by atoms with van der Waals surface area (Å²) in [7, 11) is 0. The smallest absolute Gasteiger partial charge is 0.251 e. The molecule has 8 heteroatoms. The van der Waals surface area contributed by atoms with E-state index in [1.54, 1.807) is 29.4 Å². The second-order valence-corrected chi connectivity index (χ2v) is 6.48. The van der Waals surface area contributed by atoms with Crippen LogP contribution in [0.1, 0.15) is 60.1 Å². The van der Waals surface area contributed by atoms with Crippen LogP contribution in [-0.4, -0.2) is 30.8 Å². The quantitative estimate of drug-likeness (QED) is 0.758. The maximum Gasteiger partial charge on any atom is 0.251 e. The normalized spacial score (nSPS) is 15.1. The SMILES string of the molecule is O=C(NCc1nc(C2CCCCC2)no1)c1cccc(-n2cnnc2)c1. The van der Waals surface area contributed by atoms with E-state index in [0.29, 0.717) is 17.4 Å². The summed E-state index contributed by atoms with van der Waals surface area (Å²) in [6, 6.07) is 7.23. The summed E-state index contributed by atoms with van der Waals surface area (Å²) in [5.74, 6) is 1.40. The van der Waals surface area contributed by atoms with Crippen molar-refractivity contribution >= 4 is 5.91 Å². The number of benzene rings is 1. The highest BCUT2D eigenvalue weighted by molar-refractivity contribution is 5.94. The minimum atomic E-state index is -0.197. The van der Waals surface area contributed by atoms with Crippen LogP contribution in [0.4, 0.5) is 0 Å². The van der Waals surface area contributed by atoms with Gasteiger partial charge in [-0.2, -0.15) is 4.98 Å². The Labute approximate surface area is 150 Å². The Balaban J connectivity index is 1.38. The molecule has 1 aromatic carbocycles. The highest BCUT2D eigenvalue weighted by Gasteiger charge is 2.21. The Morgan fingerprint density at radius 2 is 2.00 bits per heavy atom. The molecule has 2 aromatic heterocycles. The Morgan fingerprint density at radius 3 is 2.81 bits per heavy atom.